The molecule has 1 aromatic rings. The molecule has 0 saturated heterocycles. The normalized spacial score (nSPS) is 8.76. The van der Waals surface area contributed by atoms with Gasteiger partial charge < -0.3 is 18.1 Å². The van der Waals surface area contributed by atoms with Crippen LogP contribution in [0.3, 0.4) is 0 Å². The molecule has 1 aromatic carbocycles. The number of halogens is 1. The lowest BCUT2D eigenvalue weighted by Gasteiger charge is -1.91. The van der Waals surface area contributed by atoms with Gasteiger partial charge in [0.05, 0.1) is 11.5 Å². The van der Waals surface area contributed by atoms with Gasteiger partial charge in [0.2, 0.25) is 0 Å². The highest BCUT2D eigenvalue weighted by molar-refractivity contribution is 5.40. The molecule has 0 unspecified atom stereocenters. The molecule has 0 spiro atoms. The van der Waals surface area contributed by atoms with E-state index < -0.39 is 4.92 Å². The number of nitro benzene ring substituents is 1. The van der Waals surface area contributed by atoms with Gasteiger partial charge in [-0.3, -0.25) is 10.1 Å². The van der Waals surface area contributed by atoms with E-state index in [2.05, 4.69) is 17.6 Å². The lowest BCUT2D eigenvalue weighted by atomic mass is 10.2. The molecule has 0 saturated carbocycles. The molecule has 17 heavy (non-hydrogen) atoms. The Balaban J connectivity index is 0.00000256. The van der Waals surface area contributed by atoms with Crippen LogP contribution >= 0.6 is 0 Å². The molecule has 5 heteroatoms. The molecule has 3 N–H and O–H groups in total. The number of nitro groups is 1. The van der Waals surface area contributed by atoms with Crippen molar-refractivity contribution < 1.29 is 23.1 Å². The number of hydrogen-bond acceptors (Lipinski definition) is 2. The van der Waals surface area contributed by atoms with Crippen molar-refractivity contribution >= 4 is 5.69 Å². The van der Waals surface area contributed by atoms with Gasteiger partial charge in [-0.25, -0.2) is 0 Å². The second-order valence-corrected chi connectivity index (χ2v) is 3.42. The Labute approximate surface area is 107 Å². The molecule has 0 amide bonds. The van der Waals surface area contributed by atoms with Gasteiger partial charge in [-0.05, 0) is 25.0 Å². The smallest absolute Gasteiger partial charge is 0.269 e. The zero-order valence-corrected chi connectivity index (χ0v) is 10.2. The largest absolute Gasteiger partial charge is 1.00 e. The van der Waals surface area contributed by atoms with E-state index in [-0.39, 0.29) is 18.1 Å². The van der Waals surface area contributed by atoms with E-state index in [9.17, 15) is 10.1 Å². The first kappa shape index (κ1) is 15.4. The number of nitrogens with zero attached hydrogens (tertiary/aromatic N) is 1. The zero-order valence-electron chi connectivity index (χ0n) is 9.49. The van der Waals surface area contributed by atoms with Crippen molar-refractivity contribution in [2.45, 2.75) is 19.3 Å². The van der Waals surface area contributed by atoms with Crippen LogP contribution in [0, 0.1) is 22.0 Å². The first-order valence-corrected chi connectivity index (χ1v) is 5.26. The van der Waals surface area contributed by atoms with Crippen molar-refractivity contribution in [2.75, 3.05) is 6.54 Å². The fourth-order valence-corrected chi connectivity index (χ4v) is 1.22. The van der Waals surface area contributed by atoms with Crippen molar-refractivity contribution in [2.24, 2.45) is 0 Å². The van der Waals surface area contributed by atoms with E-state index in [0.29, 0.717) is 0 Å². The quantitative estimate of drug-likeness (QED) is 0.303. The fraction of sp³-hybridized carbons (Fsp3) is 0.333. The zero-order chi connectivity index (χ0) is 11.8. The minimum Gasteiger partial charge on any atom is -1.00 e. The molecular formula is C12H15ClN2O2. The Hall–Kier alpha value is -1.57. The third kappa shape index (κ3) is 5.91. The van der Waals surface area contributed by atoms with Crippen LogP contribution in [0.15, 0.2) is 24.3 Å². The summed E-state index contributed by atoms with van der Waals surface area (Å²) in [5, 5.41) is 10.4. The van der Waals surface area contributed by atoms with Gasteiger partial charge in [0.1, 0.15) is 0 Å². The summed E-state index contributed by atoms with van der Waals surface area (Å²) in [7, 11) is 0. The minimum atomic E-state index is -0.411. The summed E-state index contributed by atoms with van der Waals surface area (Å²) in [6, 6.07) is 6.29. The summed E-state index contributed by atoms with van der Waals surface area (Å²) < 4.78 is 0. The monoisotopic (exact) mass is 254 g/mol. The summed E-state index contributed by atoms with van der Waals surface area (Å²) in [4.78, 5) is 10.00. The van der Waals surface area contributed by atoms with Crippen molar-refractivity contribution in [3.63, 3.8) is 0 Å². The second kappa shape index (κ2) is 8.57. The van der Waals surface area contributed by atoms with Crippen LogP contribution in [0.4, 0.5) is 5.69 Å². The highest BCUT2D eigenvalue weighted by Gasteiger charge is 2.01. The number of benzene rings is 1. The molecule has 0 heterocycles. The molecule has 0 fully saturated rings. The van der Waals surface area contributed by atoms with Crippen LogP contribution in [0.5, 0.6) is 0 Å². The van der Waals surface area contributed by atoms with Crippen molar-refractivity contribution in [1.82, 2.24) is 0 Å². The fourth-order valence-electron chi connectivity index (χ4n) is 1.22. The standard InChI is InChI=1S/C12H14N2O2.ClH/c13-10-4-2-1-3-5-11-6-8-12(9-7-11)14(15)16;/h6-9H,1-2,4,10,13H2;1H. The molecule has 0 atom stereocenters. The molecule has 0 aliphatic rings. The summed E-state index contributed by atoms with van der Waals surface area (Å²) in [6.45, 7) is 0.944. The van der Waals surface area contributed by atoms with E-state index >= 15 is 0 Å². The lowest BCUT2D eigenvalue weighted by molar-refractivity contribution is -0.384. The predicted octanol–water partition coefficient (Wildman–Crippen LogP) is -1.64. The number of non-ortho nitro benzene ring substituents is 1. The van der Waals surface area contributed by atoms with Crippen molar-refractivity contribution in [1.29, 1.82) is 0 Å². The number of hydrogen-bond donors (Lipinski definition) is 1. The third-order valence-corrected chi connectivity index (χ3v) is 2.11. The van der Waals surface area contributed by atoms with E-state index in [0.717, 1.165) is 31.4 Å². The van der Waals surface area contributed by atoms with E-state index in [1.807, 2.05) is 0 Å². The molecule has 1 rings (SSSR count). The average Bonchev–Trinajstić information content (AvgIpc) is 2.29. The van der Waals surface area contributed by atoms with Crippen LogP contribution in [0.2, 0.25) is 0 Å². The van der Waals surface area contributed by atoms with E-state index in [4.69, 9.17) is 0 Å². The Kier molecular flexibility index (Phi) is 7.78. The third-order valence-electron chi connectivity index (χ3n) is 2.11. The molecular weight excluding hydrogens is 240 g/mol. The van der Waals surface area contributed by atoms with Crippen LogP contribution in [0.1, 0.15) is 24.8 Å². The molecule has 0 aliphatic heterocycles. The maximum atomic E-state index is 10.4. The van der Waals surface area contributed by atoms with Crippen molar-refractivity contribution in [3.05, 3.63) is 39.9 Å². The molecule has 4 nitrogen and oxygen atoms in total. The molecule has 0 aromatic heterocycles. The van der Waals surface area contributed by atoms with E-state index in [1.165, 1.54) is 12.1 Å². The Bertz CT molecular complexity index is 407. The topological polar surface area (TPSA) is 70.8 Å². The summed E-state index contributed by atoms with van der Waals surface area (Å²) >= 11 is 0. The molecule has 0 radical (unpaired) electrons. The van der Waals surface area contributed by atoms with Gasteiger partial charge in [-0.2, -0.15) is 0 Å². The highest BCUT2D eigenvalue weighted by Crippen LogP contribution is 2.10. The second-order valence-electron chi connectivity index (χ2n) is 3.42. The van der Waals surface area contributed by atoms with Crippen molar-refractivity contribution in [3.8, 4) is 11.8 Å². The maximum Gasteiger partial charge on any atom is 0.269 e. The molecule has 0 aliphatic carbocycles. The summed E-state index contributed by atoms with van der Waals surface area (Å²) in [6.07, 6.45) is 3.00. The Morgan fingerprint density at radius 2 is 1.88 bits per heavy atom. The van der Waals surface area contributed by atoms with Crippen LogP contribution in [-0.4, -0.2) is 11.5 Å². The lowest BCUT2D eigenvalue weighted by Crippen LogP contribution is -3.00. The first-order valence-electron chi connectivity index (χ1n) is 5.26. The van der Waals surface area contributed by atoms with Gasteiger partial charge in [0.15, 0.2) is 0 Å². The summed E-state index contributed by atoms with van der Waals surface area (Å²) in [5.74, 6) is 6.01. The number of quaternary nitrogens is 1. The van der Waals surface area contributed by atoms with E-state index in [1.54, 1.807) is 12.1 Å². The first-order chi connectivity index (χ1) is 7.74. The SMILES string of the molecule is [Cl-].[NH3+]CCCCC#Cc1ccc([N+](=O)[O-])cc1. The minimum absolute atomic E-state index is 0. The predicted molar refractivity (Wildman–Crippen MR) is 61.6 cm³/mol. The molecule has 0 bridgehead atoms. The van der Waals surface area contributed by atoms with Gasteiger partial charge in [-0.15, -0.1) is 0 Å². The van der Waals surface area contributed by atoms with Gasteiger partial charge in [-0.1, -0.05) is 11.8 Å². The molecule has 92 valence electrons. The van der Waals surface area contributed by atoms with Crippen LogP contribution < -0.4 is 18.1 Å². The number of unbranched alkanes of at least 4 members (excludes halogenated alkanes) is 2. The average molecular weight is 255 g/mol. The Morgan fingerprint density at radius 3 is 2.41 bits per heavy atom. The Morgan fingerprint density at radius 1 is 1.24 bits per heavy atom. The summed E-state index contributed by atoms with van der Waals surface area (Å²) in [5.41, 5.74) is 4.67. The van der Waals surface area contributed by atoms with Gasteiger partial charge in [0.25, 0.3) is 5.69 Å². The maximum absolute atomic E-state index is 10.4. The number of rotatable bonds is 4. The van der Waals surface area contributed by atoms with Crippen LogP contribution in [0.25, 0.3) is 0 Å². The van der Waals surface area contributed by atoms with Gasteiger partial charge >= 0.3 is 0 Å². The van der Waals surface area contributed by atoms with Crippen LogP contribution in [-0.2, 0) is 0 Å². The highest BCUT2D eigenvalue weighted by atomic mass is 35.5. The van der Waals surface area contributed by atoms with Gasteiger partial charge in [0, 0.05) is 24.1 Å².